The summed E-state index contributed by atoms with van der Waals surface area (Å²) in [5, 5.41) is 6.26. The number of aliphatic imine (C=N–C) groups is 1. The van der Waals surface area contributed by atoms with Crippen LogP contribution in [0.25, 0.3) is 0 Å². The summed E-state index contributed by atoms with van der Waals surface area (Å²) in [6.45, 7) is -0.887. The Bertz CT molecular complexity index is 597. The van der Waals surface area contributed by atoms with Crippen molar-refractivity contribution in [3.8, 4) is 17.2 Å². The largest absolute Gasteiger partial charge is 0.454 e. The lowest BCUT2D eigenvalue weighted by Gasteiger charge is -2.16. The Balaban J connectivity index is 1.96. The summed E-state index contributed by atoms with van der Waals surface area (Å²) in [5.74, 6) is 1.53. The van der Waals surface area contributed by atoms with Crippen LogP contribution < -0.4 is 24.8 Å². The van der Waals surface area contributed by atoms with E-state index >= 15 is 0 Å². The first-order valence-electron chi connectivity index (χ1n) is 7.96. The van der Waals surface area contributed by atoms with Crippen molar-refractivity contribution in [3.05, 3.63) is 17.7 Å². The lowest BCUT2D eigenvalue weighted by molar-refractivity contribution is -0.0505. The summed E-state index contributed by atoms with van der Waals surface area (Å²) >= 11 is 0. The molecule has 25 heavy (non-hydrogen) atoms. The number of rotatable bonds is 8. The lowest BCUT2D eigenvalue weighted by atomic mass is 10.1. The van der Waals surface area contributed by atoms with Gasteiger partial charge in [0, 0.05) is 31.8 Å². The molecular weight excluding hydrogens is 334 g/mol. The van der Waals surface area contributed by atoms with E-state index < -0.39 is 6.61 Å². The number of nitrogens with one attached hydrogen (secondary N) is 2. The van der Waals surface area contributed by atoms with Crippen molar-refractivity contribution in [2.24, 2.45) is 4.99 Å². The number of benzene rings is 1. The number of nitrogens with zero attached hydrogens (tertiary/aromatic N) is 2. The molecule has 0 fully saturated rings. The molecule has 1 aromatic rings. The highest BCUT2D eigenvalue weighted by Gasteiger charge is 2.20. The molecule has 1 heterocycles. The van der Waals surface area contributed by atoms with Crippen molar-refractivity contribution in [3.63, 3.8) is 0 Å². The molecule has 0 saturated carbocycles. The summed E-state index contributed by atoms with van der Waals surface area (Å²) in [6, 6.07) is 3.05. The fourth-order valence-electron chi connectivity index (χ4n) is 2.31. The van der Waals surface area contributed by atoms with Crippen LogP contribution in [0.1, 0.15) is 12.0 Å². The smallest absolute Gasteiger partial charge is 0.387 e. The van der Waals surface area contributed by atoms with E-state index in [0.29, 0.717) is 23.0 Å². The van der Waals surface area contributed by atoms with Crippen molar-refractivity contribution in [1.82, 2.24) is 15.5 Å². The highest BCUT2D eigenvalue weighted by molar-refractivity contribution is 5.79. The average molecular weight is 358 g/mol. The third kappa shape index (κ3) is 5.93. The third-order valence-corrected chi connectivity index (χ3v) is 3.52. The Labute approximate surface area is 146 Å². The molecule has 0 saturated heterocycles. The first kappa shape index (κ1) is 19.0. The predicted molar refractivity (Wildman–Crippen MR) is 90.6 cm³/mol. The van der Waals surface area contributed by atoms with Gasteiger partial charge >= 0.3 is 6.61 Å². The zero-order chi connectivity index (χ0) is 18.2. The molecule has 0 bridgehead atoms. The molecule has 0 unspecified atom stereocenters. The minimum Gasteiger partial charge on any atom is -0.454 e. The molecule has 7 nitrogen and oxygen atoms in total. The van der Waals surface area contributed by atoms with Gasteiger partial charge in [0.2, 0.25) is 6.79 Å². The third-order valence-electron chi connectivity index (χ3n) is 3.52. The van der Waals surface area contributed by atoms with Gasteiger partial charge in [0.05, 0.1) is 0 Å². The normalized spacial score (nSPS) is 13.5. The van der Waals surface area contributed by atoms with Crippen LogP contribution in [0.3, 0.4) is 0 Å². The molecule has 0 aromatic heterocycles. The van der Waals surface area contributed by atoms with Crippen LogP contribution in [-0.4, -0.2) is 58.5 Å². The highest BCUT2D eigenvalue weighted by Crippen LogP contribution is 2.38. The molecule has 1 aromatic carbocycles. The minimum atomic E-state index is -2.91. The average Bonchev–Trinajstić information content (AvgIpc) is 3.00. The van der Waals surface area contributed by atoms with Crippen LogP contribution in [0.15, 0.2) is 17.1 Å². The first-order chi connectivity index (χ1) is 12.0. The van der Waals surface area contributed by atoms with Crippen molar-refractivity contribution in [1.29, 1.82) is 0 Å². The van der Waals surface area contributed by atoms with Gasteiger partial charge < -0.3 is 29.7 Å². The van der Waals surface area contributed by atoms with Crippen LogP contribution in [0.2, 0.25) is 0 Å². The number of guanidine groups is 1. The zero-order valence-electron chi connectivity index (χ0n) is 14.6. The standard InChI is InChI=1S/C16H24F2N4O3/c1-19-16(20-5-4-6-22(2)3)21-9-11-7-13-14(24-10-23-13)8-12(11)25-15(17)18/h7-8,15H,4-6,9-10H2,1-3H3,(H2,19,20,21). The Kier molecular flexibility index (Phi) is 7.05. The van der Waals surface area contributed by atoms with E-state index in [1.165, 1.54) is 6.07 Å². The molecule has 0 radical (unpaired) electrons. The molecule has 0 atom stereocenters. The Morgan fingerprint density at radius 2 is 2.00 bits per heavy atom. The van der Waals surface area contributed by atoms with E-state index in [-0.39, 0.29) is 19.1 Å². The monoisotopic (exact) mass is 358 g/mol. The second-order valence-corrected chi connectivity index (χ2v) is 5.70. The first-order valence-corrected chi connectivity index (χ1v) is 7.96. The number of hydrogen-bond donors (Lipinski definition) is 2. The van der Waals surface area contributed by atoms with Crippen molar-refractivity contribution < 1.29 is 23.0 Å². The summed E-state index contributed by atoms with van der Waals surface area (Å²) < 4.78 is 40.3. The van der Waals surface area contributed by atoms with Gasteiger partial charge in [0.25, 0.3) is 0 Å². The van der Waals surface area contributed by atoms with Crippen molar-refractivity contribution in [2.75, 3.05) is 41.0 Å². The van der Waals surface area contributed by atoms with E-state index in [1.807, 2.05) is 14.1 Å². The molecule has 0 aliphatic carbocycles. The van der Waals surface area contributed by atoms with E-state index in [0.717, 1.165) is 19.5 Å². The number of hydrogen-bond acceptors (Lipinski definition) is 5. The molecule has 0 spiro atoms. The fourth-order valence-corrected chi connectivity index (χ4v) is 2.31. The van der Waals surface area contributed by atoms with Crippen LogP contribution in [0.4, 0.5) is 8.78 Å². The molecule has 1 aliphatic rings. The molecule has 140 valence electrons. The van der Waals surface area contributed by atoms with Crippen LogP contribution >= 0.6 is 0 Å². The van der Waals surface area contributed by atoms with E-state index in [4.69, 9.17) is 9.47 Å². The second-order valence-electron chi connectivity index (χ2n) is 5.70. The fraction of sp³-hybridized carbons (Fsp3) is 0.562. The van der Waals surface area contributed by atoms with Gasteiger partial charge in [0.1, 0.15) is 5.75 Å². The van der Waals surface area contributed by atoms with Gasteiger partial charge in [-0.05, 0) is 33.1 Å². The van der Waals surface area contributed by atoms with E-state index in [9.17, 15) is 8.78 Å². The molecule has 1 aliphatic heterocycles. The maximum atomic E-state index is 12.6. The van der Waals surface area contributed by atoms with E-state index in [1.54, 1.807) is 13.1 Å². The van der Waals surface area contributed by atoms with Gasteiger partial charge in [-0.3, -0.25) is 4.99 Å². The Morgan fingerprint density at radius 1 is 1.28 bits per heavy atom. The van der Waals surface area contributed by atoms with Gasteiger partial charge in [-0.25, -0.2) is 0 Å². The quantitative estimate of drug-likeness (QED) is 0.418. The maximum Gasteiger partial charge on any atom is 0.387 e. The second kappa shape index (κ2) is 9.26. The summed E-state index contributed by atoms with van der Waals surface area (Å²) in [4.78, 5) is 6.21. The summed E-state index contributed by atoms with van der Waals surface area (Å²) in [6.07, 6.45) is 0.956. The molecule has 2 N–H and O–H groups in total. The Morgan fingerprint density at radius 3 is 2.64 bits per heavy atom. The Hall–Kier alpha value is -2.29. The summed E-state index contributed by atoms with van der Waals surface area (Å²) in [5.41, 5.74) is 0.529. The highest BCUT2D eigenvalue weighted by atomic mass is 19.3. The minimum absolute atomic E-state index is 0.0508. The predicted octanol–water partition coefficient (Wildman–Crippen LogP) is 1.63. The number of fused-ring (bicyclic) bond motifs is 1. The van der Waals surface area contributed by atoms with Crippen molar-refractivity contribution in [2.45, 2.75) is 19.6 Å². The molecular formula is C16H24F2N4O3. The zero-order valence-corrected chi connectivity index (χ0v) is 14.6. The number of alkyl halides is 2. The van der Waals surface area contributed by atoms with Gasteiger partial charge in [0.15, 0.2) is 17.5 Å². The molecule has 2 rings (SSSR count). The summed E-state index contributed by atoms with van der Waals surface area (Å²) in [7, 11) is 5.67. The lowest BCUT2D eigenvalue weighted by Crippen LogP contribution is -2.38. The van der Waals surface area contributed by atoms with Crippen LogP contribution in [0.5, 0.6) is 17.2 Å². The van der Waals surface area contributed by atoms with E-state index in [2.05, 4.69) is 25.3 Å². The SMILES string of the molecule is CN=C(NCCCN(C)C)NCc1cc2c(cc1OC(F)F)OCO2. The van der Waals surface area contributed by atoms with Crippen LogP contribution in [0, 0.1) is 0 Å². The number of halogens is 2. The van der Waals surface area contributed by atoms with Gasteiger partial charge in [-0.2, -0.15) is 8.78 Å². The molecule has 0 amide bonds. The van der Waals surface area contributed by atoms with Gasteiger partial charge in [-0.15, -0.1) is 0 Å². The number of ether oxygens (including phenoxy) is 3. The van der Waals surface area contributed by atoms with Crippen molar-refractivity contribution >= 4 is 5.96 Å². The van der Waals surface area contributed by atoms with Gasteiger partial charge in [-0.1, -0.05) is 0 Å². The van der Waals surface area contributed by atoms with Crippen LogP contribution in [-0.2, 0) is 6.54 Å². The topological polar surface area (TPSA) is 67.4 Å². The molecule has 9 heteroatoms. The maximum absolute atomic E-state index is 12.6.